The van der Waals surface area contributed by atoms with Crippen LogP contribution in [0.15, 0.2) is 42.7 Å². The van der Waals surface area contributed by atoms with Crippen molar-refractivity contribution in [3.63, 3.8) is 0 Å². The van der Waals surface area contributed by atoms with Crippen molar-refractivity contribution in [1.82, 2.24) is 14.5 Å². The molecule has 0 radical (unpaired) electrons. The third kappa shape index (κ3) is 4.05. The molecule has 0 spiro atoms. The Balaban J connectivity index is 1.51. The lowest BCUT2D eigenvalue weighted by Gasteiger charge is -2.32. The summed E-state index contributed by atoms with van der Waals surface area (Å²) in [5, 5.41) is 0. The molecule has 1 fully saturated rings. The first-order chi connectivity index (χ1) is 11.8. The number of amides is 1. The quantitative estimate of drug-likeness (QED) is 0.813. The number of carbonyl (C=O) groups excluding carboxylic acids is 1. The largest absolute Gasteiger partial charge is 0.342 e. The molecule has 1 amide bonds. The Morgan fingerprint density at radius 3 is 2.92 bits per heavy atom. The maximum Gasteiger partial charge on any atom is 0.222 e. The molecule has 1 aliphatic rings. The molecule has 24 heavy (non-hydrogen) atoms. The highest BCUT2D eigenvalue weighted by Gasteiger charge is 2.26. The number of benzene rings is 1. The highest BCUT2D eigenvalue weighted by Crippen LogP contribution is 2.26. The molecule has 2 aromatic rings. The first kappa shape index (κ1) is 16.7. The van der Waals surface area contributed by atoms with Crippen molar-refractivity contribution in [2.75, 3.05) is 13.1 Å². The molecule has 0 bridgehead atoms. The van der Waals surface area contributed by atoms with E-state index in [-0.39, 0.29) is 0 Å². The van der Waals surface area contributed by atoms with E-state index in [4.69, 9.17) is 0 Å². The second-order valence-electron chi connectivity index (χ2n) is 6.59. The van der Waals surface area contributed by atoms with Crippen LogP contribution in [-0.2, 0) is 17.8 Å². The van der Waals surface area contributed by atoms with Gasteiger partial charge in [0.2, 0.25) is 5.91 Å². The normalized spacial score (nSPS) is 17.9. The number of imidazole rings is 1. The summed E-state index contributed by atoms with van der Waals surface area (Å²) < 4.78 is 2.20. The first-order valence-electron chi connectivity index (χ1n) is 9.10. The van der Waals surface area contributed by atoms with E-state index >= 15 is 0 Å². The summed E-state index contributed by atoms with van der Waals surface area (Å²) in [6.45, 7) is 4.80. The number of aryl methyl sites for hydroxylation is 2. The minimum Gasteiger partial charge on any atom is -0.342 e. The van der Waals surface area contributed by atoms with Crippen molar-refractivity contribution in [2.45, 2.75) is 51.5 Å². The van der Waals surface area contributed by atoms with E-state index in [0.29, 0.717) is 18.2 Å². The standard InChI is InChI=1S/C20H27N3O/c1-2-22-15-13-21-20(22)18-11-7-14-23(16-18)19(24)12-6-10-17-8-4-3-5-9-17/h3-5,8-9,13,15,18H,2,6-7,10-12,14,16H2,1H3/t18-/m0/s1. The predicted molar refractivity (Wildman–Crippen MR) is 95.8 cm³/mol. The molecule has 1 aliphatic heterocycles. The van der Waals surface area contributed by atoms with Crippen LogP contribution in [0.1, 0.15) is 49.9 Å². The molecule has 1 atom stereocenters. The van der Waals surface area contributed by atoms with Crippen LogP contribution in [0.4, 0.5) is 0 Å². The van der Waals surface area contributed by atoms with Gasteiger partial charge < -0.3 is 9.47 Å². The number of hydrogen-bond donors (Lipinski definition) is 0. The number of hydrogen-bond acceptors (Lipinski definition) is 2. The van der Waals surface area contributed by atoms with Gasteiger partial charge in [-0.15, -0.1) is 0 Å². The summed E-state index contributed by atoms with van der Waals surface area (Å²) in [4.78, 5) is 19.1. The fourth-order valence-electron chi connectivity index (χ4n) is 3.61. The molecular weight excluding hydrogens is 298 g/mol. The molecule has 1 saturated heterocycles. The Morgan fingerprint density at radius 1 is 1.29 bits per heavy atom. The van der Waals surface area contributed by atoms with Crippen molar-refractivity contribution in [3.8, 4) is 0 Å². The molecule has 0 aliphatic carbocycles. The smallest absolute Gasteiger partial charge is 0.222 e. The Bertz CT molecular complexity index is 650. The highest BCUT2D eigenvalue weighted by molar-refractivity contribution is 5.76. The number of nitrogens with zero attached hydrogens (tertiary/aromatic N) is 3. The van der Waals surface area contributed by atoms with Gasteiger partial charge in [0, 0.05) is 44.4 Å². The molecule has 4 nitrogen and oxygen atoms in total. The van der Waals surface area contributed by atoms with Gasteiger partial charge in [-0.05, 0) is 38.2 Å². The summed E-state index contributed by atoms with van der Waals surface area (Å²) in [5.41, 5.74) is 1.31. The van der Waals surface area contributed by atoms with Gasteiger partial charge in [0.25, 0.3) is 0 Å². The lowest BCUT2D eigenvalue weighted by Crippen LogP contribution is -2.39. The minimum atomic E-state index is 0.297. The Hall–Kier alpha value is -2.10. The number of piperidine rings is 1. The topological polar surface area (TPSA) is 38.1 Å². The zero-order chi connectivity index (χ0) is 16.8. The molecule has 0 unspecified atom stereocenters. The number of rotatable bonds is 6. The van der Waals surface area contributed by atoms with Gasteiger partial charge in [-0.2, -0.15) is 0 Å². The first-order valence-corrected chi connectivity index (χ1v) is 9.10. The van der Waals surface area contributed by atoms with Crippen molar-refractivity contribution in [1.29, 1.82) is 0 Å². The fraction of sp³-hybridized carbons (Fsp3) is 0.500. The number of likely N-dealkylation sites (tertiary alicyclic amines) is 1. The molecular formula is C20H27N3O. The summed E-state index contributed by atoms with van der Waals surface area (Å²) in [7, 11) is 0. The molecule has 3 rings (SSSR count). The average molecular weight is 325 g/mol. The zero-order valence-corrected chi connectivity index (χ0v) is 14.5. The van der Waals surface area contributed by atoms with Crippen LogP contribution in [0, 0.1) is 0 Å². The predicted octanol–water partition coefficient (Wildman–Crippen LogP) is 3.63. The van der Waals surface area contributed by atoms with E-state index in [1.807, 2.05) is 23.4 Å². The third-order valence-electron chi connectivity index (χ3n) is 4.93. The van der Waals surface area contributed by atoms with E-state index in [1.54, 1.807) is 0 Å². The number of aromatic nitrogens is 2. The molecule has 1 aromatic heterocycles. The van der Waals surface area contributed by atoms with Gasteiger partial charge in [0.05, 0.1) is 0 Å². The van der Waals surface area contributed by atoms with Crippen LogP contribution in [-0.4, -0.2) is 33.4 Å². The van der Waals surface area contributed by atoms with Crippen LogP contribution in [0.5, 0.6) is 0 Å². The minimum absolute atomic E-state index is 0.297. The average Bonchev–Trinajstić information content (AvgIpc) is 3.11. The summed E-state index contributed by atoms with van der Waals surface area (Å²) in [6.07, 6.45) is 8.66. The summed E-state index contributed by atoms with van der Waals surface area (Å²) in [5.74, 6) is 1.82. The van der Waals surface area contributed by atoms with Crippen LogP contribution >= 0.6 is 0 Å². The van der Waals surface area contributed by atoms with E-state index in [9.17, 15) is 4.79 Å². The maximum absolute atomic E-state index is 12.6. The molecule has 4 heteroatoms. The van der Waals surface area contributed by atoms with E-state index in [1.165, 1.54) is 5.56 Å². The van der Waals surface area contributed by atoms with Gasteiger partial charge in [-0.3, -0.25) is 4.79 Å². The molecule has 128 valence electrons. The second-order valence-corrected chi connectivity index (χ2v) is 6.59. The van der Waals surface area contributed by atoms with Gasteiger partial charge in [-0.1, -0.05) is 30.3 Å². The summed E-state index contributed by atoms with van der Waals surface area (Å²) in [6, 6.07) is 10.4. The van der Waals surface area contributed by atoms with Crippen molar-refractivity contribution < 1.29 is 4.79 Å². The summed E-state index contributed by atoms with van der Waals surface area (Å²) >= 11 is 0. The SMILES string of the molecule is CCn1ccnc1[C@H]1CCCN(C(=O)CCCc2ccccc2)C1. The van der Waals surface area contributed by atoms with Crippen molar-refractivity contribution in [2.24, 2.45) is 0 Å². The molecule has 0 saturated carbocycles. The van der Waals surface area contributed by atoms with Crippen molar-refractivity contribution in [3.05, 3.63) is 54.1 Å². The van der Waals surface area contributed by atoms with Crippen LogP contribution in [0.3, 0.4) is 0 Å². The monoisotopic (exact) mass is 325 g/mol. The van der Waals surface area contributed by atoms with Crippen LogP contribution in [0.25, 0.3) is 0 Å². The van der Waals surface area contributed by atoms with Crippen molar-refractivity contribution >= 4 is 5.91 Å². The Kier molecular flexibility index (Phi) is 5.68. The lowest BCUT2D eigenvalue weighted by molar-refractivity contribution is -0.132. The molecule has 1 aromatic carbocycles. The Labute approximate surface area is 144 Å². The van der Waals surface area contributed by atoms with E-state index in [2.05, 4.69) is 40.7 Å². The maximum atomic E-state index is 12.6. The van der Waals surface area contributed by atoms with Crippen LogP contribution in [0.2, 0.25) is 0 Å². The highest BCUT2D eigenvalue weighted by atomic mass is 16.2. The van der Waals surface area contributed by atoms with Gasteiger partial charge in [0.1, 0.15) is 5.82 Å². The molecule has 0 N–H and O–H groups in total. The Morgan fingerprint density at radius 2 is 2.12 bits per heavy atom. The zero-order valence-electron chi connectivity index (χ0n) is 14.5. The van der Waals surface area contributed by atoms with Gasteiger partial charge in [0.15, 0.2) is 0 Å². The van der Waals surface area contributed by atoms with E-state index in [0.717, 1.165) is 51.1 Å². The van der Waals surface area contributed by atoms with Gasteiger partial charge >= 0.3 is 0 Å². The lowest BCUT2D eigenvalue weighted by atomic mass is 9.96. The van der Waals surface area contributed by atoms with E-state index < -0.39 is 0 Å². The fourth-order valence-corrected chi connectivity index (χ4v) is 3.61. The molecule has 2 heterocycles. The second kappa shape index (κ2) is 8.13. The van der Waals surface area contributed by atoms with Gasteiger partial charge in [-0.25, -0.2) is 4.98 Å². The van der Waals surface area contributed by atoms with Crippen LogP contribution < -0.4 is 0 Å². The number of carbonyl (C=O) groups is 1. The third-order valence-corrected chi connectivity index (χ3v) is 4.93.